The van der Waals surface area contributed by atoms with Crippen LogP contribution in [0.15, 0.2) is 29.6 Å². The minimum absolute atomic E-state index is 0.420. The van der Waals surface area contributed by atoms with Crippen LogP contribution in [0.4, 0.5) is 0 Å². The van der Waals surface area contributed by atoms with Crippen LogP contribution in [0.5, 0.6) is 0 Å². The molecule has 21 heavy (non-hydrogen) atoms. The maximum Gasteiger partial charge on any atom is 0.111 e. The summed E-state index contributed by atoms with van der Waals surface area (Å²) in [6, 6.07) is 9.08. The molecule has 1 N–H and O–H groups in total. The van der Waals surface area contributed by atoms with Gasteiger partial charge in [0.2, 0.25) is 0 Å². The third-order valence-electron chi connectivity index (χ3n) is 3.59. The predicted molar refractivity (Wildman–Crippen MR) is 91.2 cm³/mol. The molecule has 3 nitrogen and oxygen atoms in total. The number of thioether (sulfide) groups is 1. The van der Waals surface area contributed by atoms with Crippen molar-refractivity contribution in [2.75, 3.05) is 31.8 Å². The van der Waals surface area contributed by atoms with Crippen LogP contribution in [-0.4, -0.2) is 36.8 Å². The lowest BCUT2D eigenvalue weighted by Gasteiger charge is -2.20. The molecule has 1 unspecified atom stereocenters. The van der Waals surface area contributed by atoms with Gasteiger partial charge in [-0.2, -0.15) is 11.8 Å². The fraction of sp³-hybridized carbons (Fsp3) is 0.438. The minimum atomic E-state index is 0.420. The third-order valence-corrected chi connectivity index (χ3v) is 5.61. The van der Waals surface area contributed by atoms with Gasteiger partial charge in [0, 0.05) is 36.1 Å². The van der Waals surface area contributed by atoms with Crippen LogP contribution in [0.2, 0.25) is 0 Å². The Bertz CT molecular complexity index is 562. The Hall–Kier alpha value is -0.880. The largest absolute Gasteiger partial charge is 0.384 e. The fourth-order valence-electron chi connectivity index (χ4n) is 2.37. The van der Waals surface area contributed by atoms with Crippen molar-refractivity contribution in [2.24, 2.45) is 0 Å². The average molecular weight is 320 g/mol. The van der Waals surface area contributed by atoms with Crippen molar-refractivity contribution in [2.45, 2.75) is 12.5 Å². The van der Waals surface area contributed by atoms with Gasteiger partial charge in [-0.3, -0.25) is 0 Å². The molecule has 1 aromatic heterocycles. The van der Waals surface area contributed by atoms with E-state index < -0.39 is 0 Å². The maximum absolute atomic E-state index is 5.11. The molecular weight excluding hydrogens is 300 g/mol. The number of ether oxygens (including phenoxy) is 1. The van der Waals surface area contributed by atoms with Crippen LogP contribution in [0, 0.1) is 0 Å². The summed E-state index contributed by atoms with van der Waals surface area (Å²) in [5.74, 6) is 2.33. The average Bonchev–Trinajstić information content (AvgIpc) is 3.04. The summed E-state index contributed by atoms with van der Waals surface area (Å²) in [4.78, 5) is 4.81. The quantitative estimate of drug-likeness (QED) is 0.916. The number of nitrogens with one attached hydrogen (secondary N) is 1. The van der Waals surface area contributed by atoms with Crippen molar-refractivity contribution in [1.29, 1.82) is 0 Å². The number of aromatic nitrogens is 1. The van der Waals surface area contributed by atoms with Gasteiger partial charge in [-0.15, -0.1) is 11.3 Å². The minimum Gasteiger partial charge on any atom is -0.384 e. The molecule has 1 saturated heterocycles. The summed E-state index contributed by atoms with van der Waals surface area (Å²) in [7, 11) is 1.74. The Kier molecular flexibility index (Phi) is 5.30. The monoisotopic (exact) mass is 320 g/mol. The summed E-state index contributed by atoms with van der Waals surface area (Å²) < 4.78 is 5.11. The normalized spacial score (nSPS) is 18.8. The van der Waals surface area contributed by atoms with E-state index in [1.165, 1.54) is 21.9 Å². The zero-order chi connectivity index (χ0) is 14.5. The van der Waals surface area contributed by atoms with Gasteiger partial charge >= 0.3 is 0 Å². The van der Waals surface area contributed by atoms with Gasteiger partial charge in [0.1, 0.15) is 5.01 Å². The molecule has 0 aliphatic carbocycles. The Morgan fingerprint density at radius 3 is 2.90 bits per heavy atom. The van der Waals surface area contributed by atoms with Gasteiger partial charge in [0.05, 0.1) is 18.3 Å². The zero-order valence-electron chi connectivity index (χ0n) is 12.2. The smallest absolute Gasteiger partial charge is 0.111 e. The number of rotatable bonds is 5. The Labute approximate surface area is 134 Å². The molecule has 0 radical (unpaired) electrons. The highest BCUT2D eigenvalue weighted by atomic mass is 32.2. The topological polar surface area (TPSA) is 34.1 Å². The van der Waals surface area contributed by atoms with Gasteiger partial charge < -0.3 is 10.1 Å². The van der Waals surface area contributed by atoms with Crippen LogP contribution in [0.1, 0.15) is 16.6 Å². The Balaban J connectivity index is 1.70. The van der Waals surface area contributed by atoms with E-state index in [4.69, 9.17) is 9.72 Å². The highest BCUT2D eigenvalue weighted by Crippen LogP contribution is 2.28. The lowest BCUT2D eigenvalue weighted by molar-refractivity contribution is 0.202. The second kappa shape index (κ2) is 7.40. The molecule has 112 valence electrons. The summed E-state index contributed by atoms with van der Waals surface area (Å²) in [6.45, 7) is 1.85. The molecule has 0 saturated carbocycles. The highest BCUT2D eigenvalue weighted by molar-refractivity contribution is 7.99. The van der Waals surface area contributed by atoms with Crippen molar-refractivity contribution in [1.82, 2.24) is 10.3 Å². The molecule has 1 aromatic carbocycles. The molecule has 3 rings (SSSR count). The molecular formula is C16H20N2OS2. The van der Waals surface area contributed by atoms with E-state index in [1.54, 1.807) is 18.4 Å². The lowest BCUT2D eigenvalue weighted by Crippen LogP contribution is -2.30. The fourth-order valence-corrected chi connectivity index (χ4v) is 4.32. The summed E-state index contributed by atoms with van der Waals surface area (Å²) >= 11 is 3.77. The van der Waals surface area contributed by atoms with E-state index in [2.05, 4.69) is 35.0 Å². The predicted octanol–water partition coefficient (Wildman–Crippen LogP) is 3.38. The molecule has 0 spiro atoms. The van der Waals surface area contributed by atoms with E-state index in [1.807, 2.05) is 11.8 Å². The number of benzene rings is 1. The number of hydrogen-bond acceptors (Lipinski definition) is 5. The van der Waals surface area contributed by atoms with E-state index in [9.17, 15) is 0 Å². The second-order valence-corrected chi connectivity index (χ2v) is 7.13. The third kappa shape index (κ3) is 3.86. The van der Waals surface area contributed by atoms with Crippen LogP contribution < -0.4 is 5.32 Å². The molecule has 0 bridgehead atoms. The van der Waals surface area contributed by atoms with E-state index in [-0.39, 0.29) is 0 Å². The van der Waals surface area contributed by atoms with Crippen molar-refractivity contribution in [3.8, 4) is 11.3 Å². The lowest BCUT2D eigenvalue weighted by atomic mass is 10.1. The van der Waals surface area contributed by atoms with E-state index >= 15 is 0 Å². The maximum atomic E-state index is 5.11. The van der Waals surface area contributed by atoms with Gasteiger partial charge in [-0.1, -0.05) is 24.3 Å². The van der Waals surface area contributed by atoms with Crippen molar-refractivity contribution in [3.63, 3.8) is 0 Å². The van der Waals surface area contributed by atoms with Crippen LogP contribution in [0.3, 0.4) is 0 Å². The first-order chi connectivity index (χ1) is 10.4. The number of thiazole rings is 1. The number of hydrogen-bond donors (Lipinski definition) is 1. The van der Waals surface area contributed by atoms with Crippen molar-refractivity contribution in [3.05, 3.63) is 40.2 Å². The van der Waals surface area contributed by atoms with Crippen molar-refractivity contribution < 1.29 is 4.74 Å². The molecule has 0 amide bonds. The molecule has 1 fully saturated rings. The van der Waals surface area contributed by atoms with Gasteiger partial charge in [-0.05, 0) is 12.0 Å². The van der Waals surface area contributed by atoms with Crippen LogP contribution >= 0.6 is 23.1 Å². The first-order valence-electron chi connectivity index (χ1n) is 7.21. The summed E-state index contributed by atoms with van der Waals surface area (Å²) in [5.41, 5.74) is 3.59. The highest BCUT2D eigenvalue weighted by Gasteiger charge is 2.18. The zero-order valence-corrected chi connectivity index (χ0v) is 13.8. The SMILES string of the molecule is COCCc1ccc(-c2csc(C3CSCCN3)n2)cc1. The standard InChI is InChI=1S/C16H20N2OS2/c1-19-8-6-12-2-4-13(5-3-12)14-11-21-16(18-14)15-10-20-9-7-17-15/h2-5,11,15,17H,6-10H2,1H3. The number of nitrogens with zero attached hydrogens (tertiary/aromatic N) is 1. The van der Waals surface area contributed by atoms with E-state index in [0.717, 1.165) is 31.0 Å². The Morgan fingerprint density at radius 2 is 2.19 bits per heavy atom. The summed E-state index contributed by atoms with van der Waals surface area (Å²) in [6.07, 6.45) is 0.961. The van der Waals surface area contributed by atoms with Gasteiger partial charge in [0.25, 0.3) is 0 Å². The Morgan fingerprint density at radius 1 is 1.33 bits per heavy atom. The van der Waals surface area contributed by atoms with Gasteiger partial charge in [-0.25, -0.2) is 4.98 Å². The second-order valence-electron chi connectivity index (χ2n) is 5.09. The van der Waals surface area contributed by atoms with Gasteiger partial charge in [0.15, 0.2) is 0 Å². The molecule has 1 aliphatic rings. The number of methoxy groups -OCH3 is 1. The summed E-state index contributed by atoms with van der Waals surface area (Å²) in [5, 5.41) is 6.92. The molecule has 1 aliphatic heterocycles. The van der Waals surface area contributed by atoms with Crippen LogP contribution in [0.25, 0.3) is 11.3 Å². The first-order valence-corrected chi connectivity index (χ1v) is 9.25. The first kappa shape index (κ1) is 15.0. The molecule has 1 atom stereocenters. The van der Waals surface area contributed by atoms with Crippen LogP contribution in [-0.2, 0) is 11.2 Å². The van der Waals surface area contributed by atoms with Crippen molar-refractivity contribution >= 4 is 23.1 Å². The van der Waals surface area contributed by atoms with E-state index in [0.29, 0.717) is 6.04 Å². The molecule has 2 aromatic rings. The molecule has 2 heterocycles. The molecule has 5 heteroatoms.